The van der Waals surface area contributed by atoms with Gasteiger partial charge >= 0.3 is 0 Å². The van der Waals surface area contributed by atoms with E-state index in [1.54, 1.807) is 0 Å². The van der Waals surface area contributed by atoms with Crippen LogP contribution in [0.25, 0.3) is 0 Å². The van der Waals surface area contributed by atoms with Gasteiger partial charge in [-0.1, -0.05) is 53.3 Å². The summed E-state index contributed by atoms with van der Waals surface area (Å²) in [7, 11) is -1.83. The van der Waals surface area contributed by atoms with E-state index < -0.39 is 21.5 Å². The quantitative estimate of drug-likeness (QED) is 0.290. The van der Waals surface area contributed by atoms with Gasteiger partial charge in [-0.15, -0.1) is 45.4 Å². The zero-order valence-electron chi connectivity index (χ0n) is 8.18. The van der Waals surface area contributed by atoms with E-state index >= 15 is 0 Å². The molecule has 2 aliphatic carbocycles. The third kappa shape index (κ3) is 1.53. The minimum Gasteiger partial charge on any atom is -0.146 e. The molecule has 97 valence electrons. The third-order valence-electron chi connectivity index (χ3n) is 3.54. The van der Waals surface area contributed by atoms with Crippen LogP contribution < -0.4 is 0 Å². The molecular formula is C8H5Cl8Si. The largest absolute Gasteiger partial charge is 0.279 e. The van der Waals surface area contributed by atoms with E-state index in [9.17, 15) is 0 Å². The SMILES string of the molecule is CC1C([Si](Cl)Cl)C2(Cl)C(Cl)=C(Cl)C1(Cl)C2(Cl)Cl. The van der Waals surface area contributed by atoms with E-state index in [1.807, 2.05) is 6.92 Å². The number of fused-ring (bicyclic) bond motifs is 2. The summed E-state index contributed by atoms with van der Waals surface area (Å²) in [6.07, 6.45) is 0. The van der Waals surface area contributed by atoms with Crippen LogP contribution in [0.4, 0.5) is 0 Å². The van der Waals surface area contributed by atoms with Crippen molar-refractivity contribution in [3.8, 4) is 0 Å². The van der Waals surface area contributed by atoms with Gasteiger partial charge < -0.3 is 0 Å². The molecule has 1 radical (unpaired) electrons. The van der Waals surface area contributed by atoms with Crippen molar-refractivity contribution >= 4 is 99.2 Å². The summed E-state index contributed by atoms with van der Waals surface area (Å²) in [4.78, 5) is -2.57. The van der Waals surface area contributed by atoms with E-state index in [4.69, 9.17) is 91.8 Å². The molecule has 0 aromatic rings. The van der Waals surface area contributed by atoms with Gasteiger partial charge in [0.2, 0.25) is 0 Å². The standard InChI is InChI=1S/C8H5Cl8Si/c1-2-5(17(15)16)7(12)4(10)3(9)6(2,11)8(7,13)14/h2,5H,1H3. The van der Waals surface area contributed by atoms with Crippen LogP contribution in [0.15, 0.2) is 10.1 Å². The van der Waals surface area contributed by atoms with Gasteiger partial charge in [0.1, 0.15) is 9.75 Å². The number of hydrogen-bond donors (Lipinski definition) is 0. The fourth-order valence-corrected chi connectivity index (χ4v) is 10.0. The van der Waals surface area contributed by atoms with Crippen molar-refractivity contribution in [2.45, 2.75) is 26.5 Å². The van der Waals surface area contributed by atoms with E-state index in [0.717, 1.165) is 0 Å². The topological polar surface area (TPSA) is 0 Å². The highest BCUT2D eigenvalue weighted by atomic mass is 35.7. The Kier molecular flexibility index (Phi) is 4.04. The Balaban J connectivity index is 2.73. The monoisotopic (exact) mass is 409 g/mol. The molecule has 0 aromatic carbocycles. The number of rotatable bonds is 1. The van der Waals surface area contributed by atoms with Gasteiger partial charge in [0, 0.05) is 5.54 Å². The molecule has 0 heterocycles. The van der Waals surface area contributed by atoms with Crippen molar-refractivity contribution in [3.63, 3.8) is 0 Å². The van der Waals surface area contributed by atoms with Crippen LogP contribution in [0, 0.1) is 5.92 Å². The van der Waals surface area contributed by atoms with E-state index in [0.29, 0.717) is 0 Å². The van der Waals surface area contributed by atoms with E-state index in [1.165, 1.54) is 0 Å². The first-order valence-electron chi connectivity index (χ1n) is 4.54. The normalized spacial score (nSPS) is 48.4. The number of alkyl halides is 4. The summed E-state index contributed by atoms with van der Waals surface area (Å²) < 4.78 is -1.54. The van der Waals surface area contributed by atoms with Crippen molar-refractivity contribution in [1.29, 1.82) is 0 Å². The first kappa shape index (κ1) is 15.7. The van der Waals surface area contributed by atoms with Crippen molar-refractivity contribution in [3.05, 3.63) is 10.1 Å². The number of halogens is 8. The summed E-state index contributed by atoms with van der Waals surface area (Å²) in [5.41, 5.74) is -0.389. The molecule has 1 fully saturated rings. The zero-order chi connectivity index (χ0) is 13.4. The molecule has 0 spiro atoms. The molecule has 1 saturated carbocycles. The minimum atomic E-state index is -1.83. The van der Waals surface area contributed by atoms with Crippen LogP contribution in [-0.2, 0) is 0 Å². The molecule has 2 rings (SSSR count). The van der Waals surface area contributed by atoms with Crippen LogP contribution in [-0.4, -0.2) is 21.5 Å². The fourth-order valence-electron chi connectivity index (χ4n) is 2.59. The summed E-state index contributed by atoms with van der Waals surface area (Å²) in [6.45, 7) is 1.82. The molecule has 0 amide bonds. The van der Waals surface area contributed by atoms with Gasteiger partial charge in [0.15, 0.2) is 4.33 Å². The summed E-state index contributed by atoms with van der Waals surface area (Å²) >= 11 is 50.0. The molecule has 17 heavy (non-hydrogen) atoms. The summed E-state index contributed by atoms with van der Waals surface area (Å²) in [6, 6.07) is 0. The molecule has 0 aromatic heterocycles. The highest BCUT2D eigenvalue weighted by Gasteiger charge is 2.82. The highest BCUT2D eigenvalue weighted by molar-refractivity contribution is 7.34. The first-order chi connectivity index (χ1) is 7.54. The van der Waals surface area contributed by atoms with Crippen molar-refractivity contribution in [2.75, 3.05) is 0 Å². The molecule has 0 N–H and O–H groups in total. The molecule has 2 bridgehead atoms. The van der Waals surface area contributed by atoms with Crippen LogP contribution in [0.5, 0.6) is 0 Å². The lowest BCUT2D eigenvalue weighted by atomic mass is 9.93. The predicted octanol–water partition coefficient (Wildman–Crippen LogP) is 5.80. The van der Waals surface area contributed by atoms with Gasteiger partial charge in [-0.25, -0.2) is 0 Å². The Morgan fingerprint density at radius 1 is 0.941 bits per heavy atom. The second-order valence-electron chi connectivity index (χ2n) is 4.18. The average Bonchev–Trinajstić information content (AvgIpc) is 2.39. The Hall–Kier alpha value is 2.28. The van der Waals surface area contributed by atoms with Crippen molar-refractivity contribution in [1.82, 2.24) is 0 Å². The van der Waals surface area contributed by atoms with Gasteiger partial charge in [-0.3, -0.25) is 0 Å². The Morgan fingerprint density at radius 2 is 1.35 bits per heavy atom. The van der Waals surface area contributed by atoms with E-state index in [2.05, 4.69) is 0 Å². The molecule has 0 nitrogen and oxygen atoms in total. The molecule has 4 unspecified atom stereocenters. The van der Waals surface area contributed by atoms with Gasteiger partial charge in [0.25, 0.3) is 7.42 Å². The second kappa shape index (κ2) is 4.38. The fraction of sp³-hybridized carbons (Fsp3) is 0.750. The van der Waals surface area contributed by atoms with Crippen LogP contribution >= 0.6 is 91.8 Å². The molecule has 0 saturated heterocycles. The van der Waals surface area contributed by atoms with Crippen LogP contribution in [0.1, 0.15) is 6.92 Å². The third-order valence-corrected chi connectivity index (χ3v) is 10.9. The molecule has 9 heteroatoms. The Morgan fingerprint density at radius 3 is 1.71 bits per heavy atom. The van der Waals surface area contributed by atoms with Crippen molar-refractivity contribution < 1.29 is 0 Å². The summed E-state index contributed by atoms with van der Waals surface area (Å²) in [5.74, 6) is -0.268. The lowest BCUT2D eigenvalue weighted by Crippen LogP contribution is -2.44. The van der Waals surface area contributed by atoms with Crippen molar-refractivity contribution in [2.24, 2.45) is 5.92 Å². The highest BCUT2D eigenvalue weighted by Crippen LogP contribution is 2.78. The van der Waals surface area contributed by atoms with Crippen LogP contribution in [0.2, 0.25) is 5.54 Å². The lowest BCUT2D eigenvalue weighted by Gasteiger charge is -2.34. The maximum atomic E-state index is 6.51. The lowest BCUT2D eigenvalue weighted by molar-refractivity contribution is 0.508. The molecule has 0 aliphatic heterocycles. The number of hydrogen-bond acceptors (Lipinski definition) is 0. The zero-order valence-corrected chi connectivity index (χ0v) is 15.2. The minimum absolute atomic E-state index is 0.146. The average molecular weight is 413 g/mol. The first-order valence-corrected chi connectivity index (χ1v) is 10.4. The predicted molar refractivity (Wildman–Crippen MR) is 80.7 cm³/mol. The number of allylic oxidation sites excluding steroid dienone is 2. The van der Waals surface area contributed by atoms with Crippen LogP contribution in [0.3, 0.4) is 0 Å². The maximum Gasteiger partial charge on any atom is 0.279 e. The van der Waals surface area contributed by atoms with Gasteiger partial charge in [-0.05, 0) is 5.92 Å². The molecular weight excluding hydrogens is 408 g/mol. The summed E-state index contributed by atoms with van der Waals surface area (Å²) in [5, 5.41) is 0.328. The maximum absolute atomic E-state index is 6.51. The second-order valence-corrected chi connectivity index (χ2v) is 11.7. The molecule has 4 atom stereocenters. The Labute approximate surface area is 140 Å². The Bertz CT molecular complexity index is 406. The van der Waals surface area contributed by atoms with E-state index in [-0.39, 0.29) is 21.5 Å². The van der Waals surface area contributed by atoms with Gasteiger partial charge in [0.05, 0.1) is 10.1 Å². The smallest absolute Gasteiger partial charge is 0.146 e. The van der Waals surface area contributed by atoms with Gasteiger partial charge in [-0.2, -0.15) is 0 Å². The molecule has 2 aliphatic rings.